The van der Waals surface area contributed by atoms with Gasteiger partial charge in [-0.05, 0) is 33.5 Å². The van der Waals surface area contributed by atoms with Crippen molar-refractivity contribution < 1.29 is 4.79 Å². The predicted molar refractivity (Wildman–Crippen MR) is 59.1 cm³/mol. The van der Waals surface area contributed by atoms with Crippen molar-refractivity contribution in [1.29, 1.82) is 0 Å². The van der Waals surface area contributed by atoms with Crippen LogP contribution in [0.15, 0.2) is 0 Å². The van der Waals surface area contributed by atoms with E-state index in [2.05, 4.69) is 24.1 Å². The molecule has 0 saturated heterocycles. The molecule has 0 aromatic heterocycles. The first kappa shape index (κ1) is 13.4. The number of amides is 1. The van der Waals surface area contributed by atoms with Crippen LogP contribution in [0.2, 0.25) is 0 Å². The second kappa shape index (κ2) is 5.98. The summed E-state index contributed by atoms with van der Waals surface area (Å²) in [6.45, 7) is 8.99. The molecule has 0 spiro atoms. The van der Waals surface area contributed by atoms with Crippen molar-refractivity contribution >= 4 is 5.91 Å². The average Bonchev–Trinajstić information content (AvgIpc) is 2.18. The maximum absolute atomic E-state index is 11.2. The van der Waals surface area contributed by atoms with E-state index in [1.807, 2.05) is 6.92 Å². The van der Waals surface area contributed by atoms with Crippen LogP contribution in [-0.4, -0.2) is 43.0 Å². The summed E-state index contributed by atoms with van der Waals surface area (Å²) in [6, 6.07) is 0. The van der Waals surface area contributed by atoms with E-state index < -0.39 is 5.54 Å². The highest BCUT2D eigenvalue weighted by molar-refractivity contribution is 5.84. The van der Waals surface area contributed by atoms with E-state index in [9.17, 15) is 4.79 Å². The number of carbonyl (C=O) groups excluding carboxylic acids is 1. The Balaban J connectivity index is 4.13. The number of nitrogens with two attached hydrogens (primary N) is 1. The lowest BCUT2D eigenvalue weighted by Crippen LogP contribution is -2.53. The number of hydrogen-bond donors (Lipinski definition) is 2. The molecule has 1 unspecified atom stereocenters. The van der Waals surface area contributed by atoms with Gasteiger partial charge in [-0.2, -0.15) is 0 Å². The fraction of sp³-hybridized carbons (Fsp3) is 0.900. The van der Waals surface area contributed by atoms with Crippen LogP contribution >= 0.6 is 0 Å². The molecule has 1 amide bonds. The maximum Gasteiger partial charge on any atom is 0.237 e. The normalized spacial score (nSPS) is 15.5. The third kappa shape index (κ3) is 3.64. The first-order valence-electron chi connectivity index (χ1n) is 5.21. The molecular formula is C10H23N3O. The van der Waals surface area contributed by atoms with Crippen LogP contribution in [0.5, 0.6) is 0 Å². The van der Waals surface area contributed by atoms with Gasteiger partial charge in [0.05, 0.1) is 5.54 Å². The SMILES string of the molecule is CCN(CC)CCC(C)(NC)C(N)=O. The van der Waals surface area contributed by atoms with Gasteiger partial charge in [0.25, 0.3) is 0 Å². The molecule has 4 heteroatoms. The minimum absolute atomic E-state index is 0.285. The molecule has 0 radical (unpaired) electrons. The molecule has 0 aromatic carbocycles. The first-order valence-corrected chi connectivity index (χ1v) is 5.21. The van der Waals surface area contributed by atoms with Crippen LogP contribution in [0, 0.1) is 0 Å². The monoisotopic (exact) mass is 201 g/mol. The molecule has 0 fully saturated rings. The van der Waals surface area contributed by atoms with Gasteiger partial charge in [-0.15, -0.1) is 0 Å². The Labute approximate surface area is 86.8 Å². The minimum atomic E-state index is -0.581. The summed E-state index contributed by atoms with van der Waals surface area (Å²) >= 11 is 0. The van der Waals surface area contributed by atoms with Gasteiger partial charge in [-0.25, -0.2) is 0 Å². The zero-order valence-corrected chi connectivity index (χ0v) is 9.76. The number of hydrogen-bond acceptors (Lipinski definition) is 3. The lowest BCUT2D eigenvalue weighted by atomic mass is 9.97. The van der Waals surface area contributed by atoms with Crippen LogP contribution in [0.4, 0.5) is 0 Å². The average molecular weight is 201 g/mol. The molecule has 4 nitrogen and oxygen atoms in total. The van der Waals surface area contributed by atoms with Crippen LogP contribution in [0.25, 0.3) is 0 Å². The lowest BCUT2D eigenvalue weighted by molar-refractivity contribution is -0.124. The zero-order valence-electron chi connectivity index (χ0n) is 9.76. The fourth-order valence-electron chi connectivity index (χ4n) is 1.29. The molecule has 3 N–H and O–H groups in total. The molecule has 0 aliphatic carbocycles. The van der Waals surface area contributed by atoms with Gasteiger partial charge in [-0.3, -0.25) is 4.79 Å². The molecular weight excluding hydrogens is 178 g/mol. The number of rotatable bonds is 7. The number of nitrogens with zero attached hydrogens (tertiary/aromatic N) is 1. The van der Waals surface area contributed by atoms with E-state index in [0.29, 0.717) is 0 Å². The van der Waals surface area contributed by atoms with E-state index in [4.69, 9.17) is 5.73 Å². The van der Waals surface area contributed by atoms with Crippen molar-refractivity contribution in [1.82, 2.24) is 10.2 Å². The zero-order chi connectivity index (χ0) is 11.2. The van der Waals surface area contributed by atoms with Crippen molar-refractivity contribution in [2.75, 3.05) is 26.7 Å². The molecule has 0 heterocycles. The fourth-order valence-corrected chi connectivity index (χ4v) is 1.29. The molecule has 0 aromatic rings. The molecule has 0 aliphatic heterocycles. The Hall–Kier alpha value is -0.610. The van der Waals surface area contributed by atoms with E-state index in [1.54, 1.807) is 7.05 Å². The molecule has 0 rings (SSSR count). The largest absolute Gasteiger partial charge is 0.368 e. The standard InChI is InChI=1S/C10H23N3O/c1-5-13(6-2)8-7-10(3,12-4)9(11)14/h12H,5-8H2,1-4H3,(H2,11,14). The van der Waals surface area contributed by atoms with E-state index in [1.165, 1.54) is 0 Å². The Kier molecular flexibility index (Phi) is 5.72. The summed E-state index contributed by atoms with van der Waals surface area (Å²) in [5.41, 5.74) is 4.75. The second-order valence-corrected chi connectivity index (χ2v) is 3.72. The van der Waals surface area contributed by atoms with E-state index >= 15 is 0 Å². The molecule has 0 saturated carbocycles. The maximum atomic E-state index is 11.2. The lowest BCUT2D eigenvalue weighted by Gasteiger charge is -2.28. The van der Waals surface area contributed by atoms with E-state index in [-0.39, 0.29) is 5.91 Å². The van der Waals surface area contributed by atoms with Gasteiger partial charge in [-0.1, -0.05) is 13.8 Å². The van der Waals surface area contributed by atoms with Crippen molar-refractivity contribution in [3.63, 3.8) is 0 Å². The van der Waals surface area contributed by atoms with Gasteiger partial charge in [0.1, 0.15) is 0 Å². The van der Waals surface area contributed by atoms with Crippen molar-refractivity contribution in [2.24, 2.45) is 5.73 Å². The van der Waals surface area contributed by atoms with Gasteiger partial charge < -0.3 is 16.0 Å². The highest BCUT2D eigenvalue weighted by Gasteiger charge is 2.28. The Morgan fingerprint density at radius 2 is 1.93 bits per heavy atom. The number of nitrogens with one attached hydrogen (secondary N) is 1. The van der Waals surface area contributed by atoms with Gasteiger partial charge >= 0.3 is 0 Å². The topological polar surface area (TPSA) is 58.4 Å². The number of likely N-dealkylation sites (N-methyl/N-ethyl adjacent to an activating group) is 1. The third-order valence-corrected chi connectivity index (χ3v) is 2.92. The summed E-state index contributed by atoms with van der Waals surface area (Å²) in [6.07, 6.45) is 0.751. The number of carbonyl (C=O) groups is 1. The summed E-state index contributed by atoms with van der Waals surface area (Å²) in [5.74, 6) is -0.285. The Bertz CT molecular complexity index is 180. The van der Waals surface area contributed by atoms with Gasteiger partial charge in [0, 0.05) is 6.54 Å². The van der Waals surface area contributed by atoms with Crippen molar-refractivity contribution in [3.05, 3.63) is 0 Å². The summed E-state index contributed by atoms with van der Waals surface area (Å²) in [4.78, 5) is 13.5. The van der Waals surface area contributed by atoms with Crippen molar-refractivity contribution in [3.8, 4) is 0 Å². The van der Waals surface area contributed by atoms with Crippen LogP contribution in [0.3, 0.4) is 0 Å². The molecule has 1 atom stereocenters. The van der Waals surface area contributed by atoms with Gasteiger partial charge in [0.15, 0.2) is 0 Å². The van der Waals surface area contributed by atoms with Crippen molar-refractivity contribution in [2.45, 2.75) is 32.7 Å². The minimum Gasteiger partial charge on any atom is -0.368 e. The highest BCUT2D eigenvalue weighted by Crippen LogP contribution is 2.09. The number of primary amides is 1. The summed E-state index contributed by atoms with van der Waals surface area (Å²) in [5, 5.41) is 2.98. The molecule has 14 heavy (non-hydrogen) atoms. The smallest absolute Gasteiger partial charge is 0.237 e. The first-order chi connectivity index (χ1) is 6.50. The van der Waals surface area contributed by atoms with Gasteiger partial charge in [0.2, 0.25) is 5.91 Å². The summed E-state index contributed by atoms with van der Waals surface area (Å²) < 4.78 is 0. The molecule has 0 bridgehead atoms. The van der Waals surface area contributed by atoms with Crippen LogP contribution in [-0.2, 0) is 4.79 Å². The summed E-state index contributed by atoms with van der Waals surface area (Å²) in [7, 11) is 1.77. The second-order valence-electron chi connectivity index (χ2n) is 3.72. The molecule has 84 valence electrons. The Morgan fingerprint density at radius 1 is 1.43 bits per heavy atom. The highest BCUT2D eigenvalue weighted by atomic mass is 16.1. The third-order valence-electron chi connectivity index (χ3n) is 2.92. The van der Waals surface area contributed by atoms with E-state index in [0.717, 1.165) is 26.1 Å². The quantitative estimate of drug-likeness (QED) is 0.618. The molecule has 0 aliphatic rings. The Morgan fingerprint density at radius 3 is 2.21 bits per heavy atom. The van der Waals surface area contributed by atoms with Crippen LogP contribution in [0.1, 0.15) is 27.2 Å². The predicted octanol–water partition coefficient (Wildman–Crippen LogP) is 0.182. The van der Waals surface area contributed by atoms with Crippen LogP contribution < -0.4 is 11.1 Å².